The Labute approximate surface area is 82.6 Å². The second-order valence-electron chi connectivity index (χ2n) is 3.43. The summed E-state index contributed by atoms with van der Waals surface area (Å²) < 4.78 is 0. The third kappa shape index (κ3) is 2.02. The lowest BCUT2D eigenvalue weighted by Crippen LogP contribution is -2.35. The maximum Gasteiger partial charge on any atom is 0.259 e. The van der Waals surface area contributed by atoms with Gasteiger partial charge in [-0.1, -0.05) is 0 Å². The molecule has 0 fully saturated rings. The first-order valence-electron chi connectivity index (χ1n) is 4.48. The number of nitrogens with one attached hydrogen (secondary N) is 1. The molecule has 4 nitrogen and oxygen atoms in total. The molecule has 1 amide bonds. The standard InChI is InChI=1S/C10H14N2O2/c1-7(2)12(3)10(14)8-6-11-5-4-9(8)13/h4-7H,1-3H3,(H,11,13). The van der Waals surface area contributed by atoms with Crippen LogP contribution in [0.4, 0.5) is 0 Å². The molecule has 0 unspecified atom stereocenters. The summed E-state index contributed by atoms with van der Waals surface area (Å²) in [6.07, 6.45) is 2.94. The van der Waals surface area contributed by atoms with Gasteiger partial charge < -0.3 is 9.88 Å². The van der Waals surface area contributed by atoms with E-state index in [1.807, 2.05) is 13.8 Å². The molecule has 1 aromatic rings. The fourth-order valence-corrected chi connectivity index (χ4v) is 1.01. The number of aromatic nitrogens is 1. The van der Waals surface area contributed by atoms with Crippen molar-refractivity contribution in [2.24, 2.45) is 0 Å². The summed E-state index contributed by atoms with van der Waals surface area (Å²) in [7, 11) is 1.68. The van der Waals surface area contributed by atoms with Crippen molar-refractivity contribution in [1.29, 1.82) is 0 Å². The Morgan fingerprint density at radius 1 is 1.50 bits per heavy atom. The quantitative estimate of drug-likeness (QED) is 0.759. The molecule has 0 bridgehead atoms. The first-order chi connectivity index (χ1) is 6.54. The maximum atomic E-state index is 11.7. The second kappa shape index (κ2) is 4.09. The predicted molar refractivity (Wildman–Crippen MR) is 54.3 cm³/mol. The number of pyridine rings is 1. The van der Waals surface area contributed by atoms with Gasteiger partial charge in [-0.2, -0.15) is 0 Å². The van der Waals surface area contributed by atoms with Gasteiger partial charge in [-0.05, 0) is 13.8 Å². The Morgan fingerprint density at radius 3 is 2.64 bits per heavy atom. The van der Waals surface area contributed by atoms with Gasteiger partial charge in [0, 0.05) is 31.5 Å². The fraction of sp³-hybridized carbons (Fsp3) is 0.400. The minimum Gasteiger partial charge on any atom is -0.367 e. The molecule has 0 radical (unpaired) electrons. The summed E-state index contributed by atoms with van der Waals surface area (Å²) >= 11 is 0. The van der Waals surface area contributed by atoms with Gasteiger partial charge in [-0.15, -0.1) is 0 Å². The minimum atomic E-state index is -0.249. The van der Waals surface area contributed by atoms with Crippen LogP contribution < -0.4 is 5.43 Å². The average molecular weight is 194 g/mol. The number of H-pyrrole nitrogens is 1. The molecule has 0 saturated carbocycles. The Balaban J connectivity index is 3.02. The lowest BCUT2D eigenvalue weighted by atomic mass is 10.2. The highest BCUT2D eigenvalue weighted by Crippen LogP contribution is 2.00. The van der Waals surface area contributed by atoms with Gasteiger partial charge >= 0.3 is 0 Å². The van der Waals surface area contributed by atoms with Crippen molar-refractivity contribution in [2.45, 2.75) is 19.9 Å². The number of hydrogen-bond acceptors (Lipinski definition) is 2. The van der Waals surface area contributed by atoms with Crippen molar-refractivity contribution in [1.82, 2.24) is 9.88 Å². The number of nitrogens with zero attached hydrogens (tertiary/aromatic N) is 1. The van der Waals surface area contributed by atoms with Crippen LogP contribution in [0, 0.1) is 0 Å². The number of aromatic amines is 1. The van der Waals surface area contributed by atoms with E-state index in [-0.39, 0.29) is 22.9 Å². The number of rotatable bonds is 2. The van der Waals surface area contributed by atoms with Gasteiger partial charge in [-0.25, -0.2) is 0 Å². The Morgan fingerprint density at radius 2 is 2.14 bits per heavy atom. The van der Waals surface area contributed by atoms with Crippen LogP contribution in [0.3, 0.4) is 0 Å². The molecule has 4 heteroatoms. The molecule has 0 aliphatic rings. The normalized spacial score (nSPS) is 10.3. The Bertz CT molecular complexity index is 382. The van der Waals surface area contributed by atoms with E-state index in [4.69, 9.17) is 0 Å². The van der Waals surface area contributed by atoms with Crippen molar-refractivity contribution in [3.8, 4) is 0 Å². The lowest BCUT2D eigenvalue weighted by molar-refractivity contribution is 0.0753. The van der Waals surface area contributed by atoms with Crippen LogP contribution in [0.2, 0.25) is 0 Å². The molecule has 0 saturated heterocycles. The average Bonchev–Trinajstić information content (AvgIpc) is 2.16. The van der Waals surface area contributed by atoms with Crippen LogP contribution in [0.1, 0.15) is 24.2 Å². The summed E-state index contributed by atoms with van der Waals surface area (Å²) in [5.74, 6) is -0.248. The Kier molecular flexibility index (Phi) is 3.06. The van der Waals surface area contributed by atoms with Gasteiger partial charge in [0.2, 0.25) is 0 Å². The van der Waals surface area contributed by atoms with Gasteiger partial charge in [0.05, 0.1) is 0 Å². The number of carbonyl (C=O) groups is 1. The van der Waals surface area contributed by atoms with Gasteiger partial charge in [-0.3, -0.25) is 9.59 Å². The maximum absolute atomic E-state index is 11.7. The third-order valence-corrected chi connectivity index (χ3v) is 2.15. The van der Waals surface area contributed by atoms with Crippen LogP contribution in [0.25, 0.3) is 0 Å². The van der Waals surface area contributed by atoms with Gasteiger partial charge in [0.15, 0.2) is 5.43 Å². The molecule has 1 aromatic heterocycles. The molecule has 0 spiro atoms. The lowest BCUT2D eigenvalue weighted by Gasteiger charge is -2.20. The highest BCUT2D eigenvalue weighted by Gasteiger charge is 2.16. The molecule has 1 N–H and O–H groups in total. The number of carbonyl (C=O) groups excluding carboxylic acids is 1. The van der Waals surface area contributed by atoms with Crippen LogP contribution in [-0.2, 0) is 0 Å². The van der Waals surface area contributed by atoms with Crippen LogP contribution in [0.15, 0.2) is 23.3 Å². The highest BCUT2D eigenvalue weighted by molar-refractivity contribution is 5.93. The highest BCUT2D eigenvalue weighted by atomic mass is 16.2. The van der Waals surface area contributed by atoms with Crippen molar-refractivity contribution in [3.05, 3.63) is 34.2 Å². The van der Waals surface area contributed by atoms with E-state index in [2.05, 4.69) is 4.98 Å². The summed E-state index contributed by atoms with van der Waals surface area (Å²) in [5, 5.41) is 0. The SMILES string of the molecule is CC(C)N(C)C(=O)c1c[nH]ccc1=O. The summed E-state index contributed by atoms with van der Waals surface area (Å²) in [5.41, 5.74) is -0.0649. The van der Waals surface area contributed by atoms with Crippen molar-refractivity contribution >= 4 is 5.91 Å². The molecule has 1 heterocycles. The van der Waals surface area contributed by atoms with E-state index in [1.54, 1.807) is 7.05 Å². The molecule has 0 aliphatic carbocycles. The zero-order valence-electron chi connectivity index (χ0n) is 8.57. The van der Waals surface area contributed by atoms with Crippen LogP contribution >= 0.6 is 0 Å². The minimum absolute atomic E-state index is 0.0853. The van der Waals surface area contributed by atoms with E-state index in [1.165, 1.54) is 23.4 Å². The molecule has 76 valence electrons. The zero-order valence-corrected chi connectivity index (χ0v) is 8.57. The van der Waals surface area contributed by atoms with E-state index in [9.17, 15) is 9.59 Å². The Hall–Kier alpha value is -1.58. The van der Waals surface area contributed by atoms with Gasteiger partial charge in [0.25, 0.3) is 5.91 Å². The topological polar surface area (TPSA) is 53.2 Å². The van der Waals surface area contributed by atoms with Crippen LogP contribution in [0.5, 0.6) is 0 Å². The van der Waals surface area contributed by atoms with E-state index in [0.29, 0.717) is 0 Å². The molecule has 14 heavy (non-hydrogen) atoms. The molecule has 0 aliphatic heterocycles. The van der Waals surface area contributed by atoms with Crippen molar-refractivity contribution < 1.29 is 4.79 Å². The predicted octanol–water partition coefficient (Wildman–Crippen LogP) is 0.855. The van der Waals surface area contributed by atoms with Crippen molar-refractivity contribution in [2.75, 3.05) is 7.05 Å². The van der Waals surface area contributed by atoms with E-state index >= 15 is 0 Å². The molecule has 0 atom stereocenters. The molecular formula is C10H14N2O2. The first kappa shape index (κ1) is 10.5. The summed E-state index contributed by atoms with van der Waals surface area (Å²) in [4.78, 5) is 27.3. The van der Waals surface area contributed by atoms with Crippen LogP contribution in [-0.4, -0.2) is 28.9 Å². The van der Waals surface area contributed by atoms with E-state index < -0.39 is 0 Å². The monoisotopic (exact) mass is 194 g/mol. The number of hydrogen-bond donors (Lipinski definition) is 1. The first-order valence-corrected chi connectivity index (χ1v) is 4.48. The summed E-state index contributed by atoms with van der Waals surface area (Å²) in [6, 6.07) is 1.43. The third-order valence-electron chi connectivity index (χ3n) is 2.15. The fourth-order valence-electron chi connectivity index (χ4n) is 1.01. The molecular weight excluding hydrogens is 180 g/mol. The number of amides is 1. The molecule has 0 aromatic carbocycles. The van der Waals surface area contributed by atoms with Crippen molar-refractivity contribution in [3.63, 3.8) is 0 Å². The second-order valence-corrected chi connectivity index (χ2v) is 3.43. The zero-order chi connectivity index (χ0) is 10.7. The largest absolute Gasteiger partial charge is 0.367 e. The van der Waals surface area contributed by atoms with E-state index in [0.717, 1.165) is 0 Å². The summed E-state index contributed by atoms with van der Waals surface area (Å²) in [6.45, 7) is 3.80. The van der Waals surface area contributed by atoms with Gasteiger partial charge in [0.1, 0.15) is 5.56 Å². The smallest absolute Gasteiger partial charge is 0.259 e. The molecule has 1 rings (SSSR count).